The lowest BCUT2D eigenvalue weighted by atomic mass is 10.00. The van der Waals surface area contributed by atoms with Gasteiger partial charge in [0.05, 0.1) is 17.3 Å². The van der Waals surface area contributed by atoms with Gasteiger partial charge in [0.2, 0.25) is 0 Å². The summed E-state index contributed by atoms with van der Waals surface area (Å²) in [4.78, 5) is 17.6. The van der Waals surface area contributed by atoms with Crippen molar-refractivity contribution in [3.05, 3.63) is 35.7 Å². The van der Waals surface area contributed by atoms with Crippen LogP contribution in [0.5, 0.6) is 0 Å². The number of carbonyl (C=O) groups is 1. The minimum Gasteiger partial charge on any atom is -0.373 e. The predicted molar refractivity (Wildman–Crippen MR) is 82.0 cm³/mol. The summed E-state index contributed by atoms with van der Waals surface area (Å²) < 4.78 is 0. The van der Waals surface area contributed by atoms with Crippen LogP contribution in [0, 0.1) is 5.92 Å². The molecule has 2 N–H and O–H groups in total. The van der Waals surface area contributed by atoms with Crippen LogP contribution >= 0.6 is 0 Å². The fourth-order valence-corrected chi connectivity index (χ4v) is 1.67. The maximum atomic E-state index is 11.2. The molecule has 0 aromatic rings. The van der Waals surface area contributed by atoms with Gasteiger partial charge in [-0.15, -0.1) is 0 Å². The van der Waals surface area contributed by atoms with Crippen molar-refractivity contribution >= 4 is 5.97 Å². The summed E-state index contributed by atoms with van der Waals surface area (Å²) in [6.07, 6.45) is 8.86. The van der Waals surface area contributed by atoms with Gasteiger partial charge in [0.15, 0.2) is 0 Å². The highest BCUT2D eigenvalue weighted by Gasteiger charge is 2.17. The maximum absolute atomic E-state index is 11.2. The normalized spacial score (nSPS) is 20.8. The molecular weight excluding hydrogens is 268 g/mol. The van der Waals surface area contributed by atoms with E-state index in [9.17, 15) is 4.79 Å². The highest BCUT2D eigenvalue weighted by molar-refractivity contribution is 5.74. The molecule has 0 saturated carbocycles. The standard InChI is InChI=1S/C15H24N4O2/c1-11(5-6-12(2)19(3)4)17-18-14-9-7-13(8-10-14)15(20)21-16/h5,7,9-10,12-13H,6,8,16H2,1-4H3/b11-5+,18-17-. The molecule has 1 aliphatic rings. The van der Waals surface area contributed by atoms with E-state index in [1.54, 1.807) is 12.2 Å². The zero-order valence-electron chi connectivity index (χ0n) is 13.1. The van der Waals surface area contributed by atoms with Crippen LogP contribution in [0.25, 0.3) is 0 Å². The molecule has 0 radical (unpaired) electrons. The first-order chi connectivity index (χ1) is 9.93. The van der Waals surface area contributed by atoms with Crippen molar-refractivity contribution in [2.24, 2.45) is 22.0 Å². The minimum atomic E-state index is -0.438. The van der Waals surface area contributed by atoms with Crippen LogP contribution < -0.4 is 5.90 Å². The van der Waals surface area contributed by atoms with Crippen LogP contribution in [0.4, 0.5) is 0 Å². The van der Waals surface area contributed by atoms with E-state index in [1.807, 2.05) is 13.0 Å². The van der Waals surface area contributed by atoms with Crippen LogP contribution in [0.3, 0.4) is 0 Å². The lowest BCUT2D eigenvalue weighted by Gasteiger charge is -2.17. The van der Waals surface area contributed by atoms with Gasteiger partial charge in [-0.3, -0.25) is 0 Å². The van der Waals surface area contributed by atoms with E-state index in [0.29, 0.717) is 12.5 Å². The first-order valence-electron chi connectivity index (χ1n) is 6.98. The Morgan fingerprint density at radius 1 is 1.62 bits per heavy atom. The quantitative estimate of drug-likeness (QED) is 0.602. The molecule has 21 heavy (non-hydrogen) atoms. The summed E-state index contributed by atoms with van der Waals surface area (Å²) in [5, 5.41) is 8.34. The van der Waals surface area contributed by atoms with Crippen LogP contribution in [0.1, 0.15) is 26.7 Å². The number of carbonyl (C=O) groups excluding carboxylic acids is 1. The highest BCUT2D eigenvalue weighted by atomic mass is 16.7. The van der Waals surface area contributed by atoms with E-state index < -0.39 is 5.97 Å². The van der Waals surface area contributed by atoms with E-state index in [-0.39, 0.29) is 5.92 Å². The third-order valence-corrected chi connectivity index (χ3v) is 3.46. The van der Waals surface area contributed by atoms with Gasteiger partial charge in [-0.2, -0.15) is 16.1 Å². The van der Waals surface area contributed by atoms with Crippen molar-refractivity contribution in [1.29, 1.82) is 0 Å². The summed E-state index contributed by atoms with van der Waals surface area (Å²) in [5.74, 6) is 4.09. The summed E-state index contributed by atoms with van der Waals surface area (Å²) in [6.45, 7) is 4.08. The third-order valence-electron chi connectivity index (χ3n) is 3.46. The van der Waals surface area contributed by atoms with Crippen LogP contribution in [0.2, 0.25) is 0 Å². The molecule has 0 saturated heterocycles. The number of nitrogens with zero attached hydrogens (tertiary/aromatic N) is 3. The molecule has 6 heteroatoms. The maximum Gasteiger partial charge on any atom is 0.331 e. The van der Waals surface area contributed by atoms with Gasteiger partial charge in [-0.25, -0.2) is 4.79 Å². The van der Waals surface area contributed by atoms with Gasteiger partial charge in [0.1, 0.15) is 0 Å². The Morgan fingerprint density at radius 3 is 2.86 bits per heavy atom. The fourth-order valence-electron chi connectivity index (χ4n) is 1.67. The third kappa shape index (κ3) is 6.01. The van der Waals surface area contributed by atoms with E-state index in [0.717, 1.165) is 17.8 Å². The monoisotopic (exact) mass is 292 g/mol. The van der Waals surface area contributed by atoms with E-state index in [4.69, 9.17) is 5.90 Å². The van der Waals surface area contributed by atoms with Gasteiger partial charge in [0, 0.05) is 6.04 Å². The molecule has 0 aliphatic heterocycles. The van der Waals surface area contributed by atoms with Crippen molar-refractivity contribution in [3.63, 3.8) is 0 Å². The Morgan fingerprint density at radius 2 is 2.33 bits per heavy atom. The molecular formula is C15H24N4O2. The van der Waals surface area contributed by atoms with E-state index in [2.05, 4.69) is 47.1 Å². The lowest BCUT2D eigenvalue weighted by Crippen LogP contribution is -2.23. The molecule has 0 fully saturated rings. The molecule has 0 amide bonds. The Hall–Kier alpha value is -1.79. The summed E-state index contributed by atoms with van der Waals surface area (Å²) in [7, 11) is 4.10. The number of allylic oxidation sites excluding steroid dienone is 3. The molecule has 116 valence electrons. The first-order valence-corrected chi connectivity index (χ1v) is 6.98. The molecule has 0 aromatic carbocycles. The second-order valence-corrected chi connectivity index (χ2v) is 5.36. The van der Waals surface area contributed by atoms with Crippen molar-refractivity contribution in [3.8, 4) is 0 Å². The molecule has 2 unspecified atom stereocenters. The highest BCUT2D eigenvalue weighted by Crippen LogP contribution is 2.19. The number of hydrogen-bond donors (Lipinski definition) is 1. The Kier molecular flexibility index (Phi) is 6.98. The molecule has 1 aliphatic carbocycles. The van der Waals surface area contributed by atoms with Crippen molar-refractivity contribution in [1.82, 2.24) is 4.90 Å². The molecule has 1 rings (SSSR count). The largest absolute Gasteiger partial charge is 0.373 e. The van der Waals surface area contributed by atoms with E-state index in [1.165, 1.54) is 0 Å². The number of rotatable bonds is 6. The average molecular weight is 292 g/mol. The van der Waals surface area contributed by atoms with Gasteiger partial charge >= 0.3 is 5.97 Å². The van der Waals surface area contributed by atoms with Gasteiger partial charge in [-0.05, 0) is 46.9 Å². The Bertz CT molecular complexity index is 478. The summed E-state index contributed by atoms with van der Waals surface area (Å²) >= 11 is 0. The lowest BCUT2D eigenvalue weighted by molar-refractivity contribution is -0.147. The molecule has 0 spiro atoms. The van der Waals surface area contributed by atoms with Crippen LogP contribution in [0.15, 0.2) is 45.9 Å². The van der Waals surface area contributed by atoms with Crippen molar-refractivity contribution < 1.29 is 9.63 Å². The average Bonchev–Trinajstić information content (AvgIpc) is 2.50. The molecule has 6 nitrogen and oxygen atoms in total. The van der Waals surface area contributed by atoms with Crippen LogP contribution in [-0.2, 0) is 9.63 Å². The number of nitrogens with two attached hydrogens (primary N) is 1. The zero-order chi connectivity index (χ0) is 15.8. The minimum absolute atomic E-state index is 0.327. The Balaban J connectivity index is 2.51. The van der Waals surface area contributed by atoms with Gasteiger partial charge < -0.3 is 9.74 Å². The molecule has 2 atom stereocenters. The van der Waals surface area contributed by atoms with Crippen LogP contribution in [-0.4, -0.2) is 31.0 Å². The molecule has 0 aromatic heterocycles. The number of hydrogen-bond acceptors (Lipinski definition) is 6. The fraction of sp³-hybridized carbons (Fsp3) is 0.533. The second kappa shape index (κ2) is 8.49. The summed E-state index contributed by atoms with van der Waals surface area (Å²) in [5.41, 5.74) is 1.62. The number of azo groups is 1. The smallest absolute Gasteiger partial charge is 0.331 e. The second-order valence-electron chi connectivity index (χ2n) is 5.36. The first kappa shape index (κ1) is 17.3. The molecule has 0 heterocycles. The van der Waals surface area contributed by atoms with Gasteiger partial charge in [0.25, 0.3) is 0 Å². The van der Waals surface area contributed by atoms with Gasteiger partial charge in [-0.1, -0.05) is 18.2 Å². The van der Waals surface area contributed by atoms with E-state index >= 15 is 0 Å². The van der Waals surface area contributed by atoms with Crippen molar-refractivity contribution in [2.75, 3.05) is 14.1 Å². The van der Waals surface area contributed by atoms with Crippen molar-refractivity contribution in [2.45, 2.75) is 32.7 Å². The molecule has 0 bridgehead atoms. The Labute approximate surface area is 126 Å². The zero-order valence-corrected chi connectivity index (χ0v) is 13.1. The summed E-state index contributed by atoms with van der Waals surface area (Å²) in [6, 6.07) is 0.465. The predicted octanol–water partition coefficient (Wildman–Crippen LogP) is 2.56. The SMILES string of the molecule is CC(=C\CC(C)N(C)C)/N=N\C1=CCC(C(=O)ON)C=C1. The topological polar surface area (TPSA) is 80.3 Å².